The first-order valence-electron chi connectivity index (χ1n) is 9.39. The van der Waals surface area contributed by atoms with Crippen LogP contribution < -0.4 is 0 Å². The molecule has 2 aromatic carbocycles. The average molecular weight is 495 g/mol. The second-order valence-corrected chi connectivity index (χ2v) is 9.91. The average Bonchev–Trinajstić information content (AvgIpc) is 2.68. The van der Waals surface area contributed by atoms with Crippen molar-refractivity contribution in [3.05, 3.63) is 36.4 Å². The van der Waals surface area contributed by atoms with Crippen molar-refractivity contribution in [1.82, 2.24) is 10.1 Å². The molecule has 0 aliphatic heterocycles. The number of hydrogen-bond acceptors (Lipinski definition) is 12. The van der Waals surface area contributed by atoms with Crippen molar-refractivity contribution in [2.24, 2.45) is 0 Å². The molecule has 0 radical (unpaired) electrons. The van der Waals surface area contributed by atoms with Gasteiger partial charge in [0.05, 0.1) is 0 Å². The molecule has 2 rings (SSSR count). The number of fused-ring (bicyclic) bond motifs is 1. The van der Waals surface area contributed by atoms with E-state index in [0.29, 0.717) is 10.1 Å². The van der Waals surface area contributed by atoms with Crippen molar-refractivity contribution in [2.75, 3.05) is 0 Å². The van der Waals surface area contributed by atoms with Gasteiger partial charge >= 0.3 is 20.2 Å². The van der Waals surface area contributed by atoms with Gasteiger partial charge in [-0.25, -0.2) is 0 Å². The SMILES string of the molecule is CC(O)N(OS(=O)(=O)c1cccc2c(S(=O)(=O)ON(C(C)O)C(C)O)cccc12)C(C)O. The van der Waals surface area contributed by atoms with E-state index in [-0.39, 0.29) is 10.8 Å². The Morgan fingerprint density at radius 3 is 1.16 bits per heavy atom. The van der Waals surface area contributed by atoms with Gasteiger partial charge in [0, 0.05) is 10.8 Å². The van der Waals surface area contributed by atoms with Crippen molar-refractivity contribution in [2.45, 2.75) is 62.4 Å². The summed E-state index contributed by atoms with van der Waals surface area (Å²) < 4.78 is 61.1. The maximum atomic E-state index is 12.8. The van der Waals surface area contributed by atoms with Crippen molar-refractivity contribution in [3.8, 4) is 0 Å². The summed E-state index contributed by atoms with van der Waals surface area (Å²) in [6.07, 6.45) is -5.90. The minimum Gasteiger partial charge on any atom is -0.376 e. The third-order valence-electron chi connectivity index (χ3n) is 4.22. The first-order valence-corrected chi connectivity index (χ1v) is 12.2. The lowest BCUT2D eigenvalue weighted by atomic mass is 10.1. The molecule has 12 nitrogen and oxygen atoms in total. The van der Waals surface area contributed by atoms with Crippen LogP contribution >= 0.6 is 0 Å². The fourth-order valence-corrected chi connectivity index (χ4v) is 5.37. The number of aliphatic hydroxyl groups is 4. The fraction of sp³-hybridized carbons (Fsp3) is 0.444. The molecule has 0 aliphatic rings. The summed E-state index contributed by atoms with van der Waals surface area (Å²) in [4.78, 5) is -0.859. The molecule has 180 valence electrons. The predicted molar refractivity (Wildman–Crippen MR) is 111 cm³/mol. The number of hydroxylamine groups is 4. The molecular formula is C18H26N2O10S2. The number of aliphatic hydroxyl groups excluding tert-OH is 4. The summed E-state index contributed by atoms with van der Waals surface area (Å²) >= 11 is 0. The zero-order valence-corrected chi connectivity index (χ0v) is 19.4. The van der Waals surface area contributed by atoms with E-state index in [2.05, 4.69) is 0 Å². The van der Waals surface area contributed by atoms with Crippen LogP contribution in [-0.2, 0) is 28.8 Å². The molecule has 0 spiro atoms. The zero-order valence-electron chi connectivity index (χ0n) is 17.7. The van der Waals surface area contributed by atoms with E-state index < -0.39 is 54.9 Å². The Labute approximate surface area is 186 Å². The first kappa shape index (κ1) is 26.5. The normalized spacial score (nSPS) is 16.9. The Hall–Kier alpha value is -1.72. The van der Waals surface area contributed by atoms with E-state index in [9.17, 15) is 37.3 Å². The molecule has 32 heavy (non-hydrogen) atoms. The first-order chi connectivity index (χ1) is 14.7. The van der Waals surface area contributed by atoms with Gasteiger partial charge in [0.2, 0.25) is 0 Å². The highest BCUT2D eigenvalue weighted by molar-refractivity contribution is 7.87. The fourth-order valence-electron chi connectivity index (χ4n) is 2.87. The van der Waals surface area contributed by atoms with E-state index in [1.165, 1.54) is 52.0 Å². The quantitative estimate of drug-likeness (QED) is 0.258. The smallest absolute Gasteiger partial charge is 0.313 e. The van der Waals surface area contributed by atoms with Crippen LogP contribution in [0.1, 0.15) is 27.7 Å². The maximum Gasteiger partial charge on any atom is 0.313 e. The molecule has 0 saturated carbocycles. The number of hydrogen-bond donors (Lipinski definition) is 4. The van der Waals surface area contributed by atoms with Crippen molar-refractivity contribution >= 4 is 31.0 Å². The summed E-state index contributed by atoms with van der Waals surface area (Å²) in [5.74, 6) is 0. The molecule has 0 fully saturated rings. The minimum atomic E-state index is -4.61. The molecule has 0 saturated heterocycles. The van der Waals surface area contributed by atoms with Gasteiger partial charge in [-0.05, 0) is 39.8 Å². The lowest BCUT2D eigenvalue weighted by Gasteiger charge is -2.26. The Morgan fingerprint density at radius 1 is 0.625 bits per heavy atom. The number of nitrogens with zero attached hydrogens (tertiary/aromatic N) is 2. The van der Waals surface area contributed by atoms with Gasteiger partial charge in [0.25, 0.3) is 0 Å². The van der Waals surface area contributed by atoms with E-state index in [1.807, 2.05) is 0 Å². The topological polar surface area (TPSA) is 174 Å². The minimum absolute atomic E-state index is 0.0473. The predicted octanol–water partition coefficient (Wildman–Crippen LogP) is 0.0376. The van der Waals surface area contributed by atoms with Gasteiger partial charge in [0.1, 0.15) is 34.7 Å². The van der Waals surface area contributed by atoms with Crippen LogP contribution in [0.3, 0.4) is 0 Å². The van der Waals surface area contributed by atoms with Crippen LogP contribution in [0.15, 0.2) is 46.2 Å². The number of rotatable bonds is 10. The summed E-state index contributed by atoms with van der Waals surface area (Å²) in [6.45, 7) is 4.74. The highest BCUT2D eigenvalue weighted by Gasteiger charge is 2.31. The highest BCUT2D eigenvalue weighted by atomic mass is 32.2. The number of benzene rings is 2. The lowest BCUT2D eigenvalue weighted by molar-refractivity contribution is -0.233. The molecule has 0 bridgehead atoms. The Kier molecular flexibility index (Phi) is 8.33. The van der Waals surface area contributed by atoms with E-state index in [0.717, 1.165) is 12.1 Å². The summed E-state index contributed by atoms with van der Waals surface area (Å²) in [5.41, 5.74) is 0. The maximum absolute atomic E-state index is 12.8. The Morgan fingerprint density at radius 2 is 0.906 bits per heavy atom. The molecule has 0 amide bonds. The van der Waals surface area contributed by atoms with Crippen LogP contribution in [0.25, 0.3) is 10.8 Å². The Bertz CT molecular complexity index is 1040. The van der Waals surface area contributed by atoms with Crippen LogP contribution in [-0.4, -0.2) is 72.3 Å². The van der Waals surface area contributed by atoms with Gasteiger partial charge in [0.15, 0.2) is 0 Å². The Balaban J connectivity index is 2.61. The molecule has 2 aromatic rings. The molecule has 4 N–H and O–H groups in total. The monoisotopic (exact) mass is 494 g/mol. The van der Waals surface area contributed by atoms with Crippen molar-refractivity contribution < 1.29 is 45.8 Å². The molecule has 4 atom stereocenters. The van der Waals surface area contributed by atoms with Crippen LogP contribution in [0.5, 0.6) is 0 Å². The van der Waals surface area contributed by atoms with E-state index in [1.54, 1.807) is 0 Å². The van der Waals surface area contributed by atoms with Gasteiger partial charge in [-0.15, -0.1) is 10.1 Å². The van der Waals surface area contributed by atoms with E-state index in [4.69, 9.17) is 8.57 Å². The van der Waals surface area contributed by atoms with E-state index >= 15 is 0 Å². The summed E-state index contributed by atoms with van der Waals surface area (Å²) in [7, 11) is -9.22. The third kappa shape index (κ3) is 5.79. The largest absolute Gasteiger partial charge is 0.376 e. The third-order valence-corrected chi connectivity index (χ3v) is 6.75. The molecular weight excluding hydrogens is 468 g/mol. The standard InChI is InChI=1S/C18H26N2O10S2/c1-11(21)19(12(2)22)29-31(25,26)17-9-5-8-16-15(17)7-6-10-18(16)32(27,28)30-20(13(3)23)14(4)24/h5-14,21-24H,1-4H3. The highest BCUT2D eigenvalue weighted by Crippen LogP contribution is 2.31. The second-order valence-electron chi connectivity index (χ2n) is 6.91. The van der Waals surface area contributed by atoms with Crippen molar-refractivity contribution in [3.63, 3.8) is 0 Å². The molecule has 0 aromatic heterocycles. The van der Waals surface area contributed by atoms with Gasteiger partial charge in [-0.2, -0.15) is 25.4 Å². The van der Waals surface area contributed by atoms with Crippen LogP contribution in [0.4, 0.5) is 0 Å². The molecule has 0 aliphatic carbocycles. The lowest BCUT2D eigenvalue weighted by Crippen LogP contribution is -2.41. The molecule has 0 heterocycles. The van der Waals surface area contributed by atoms with Crippen molar-refractivity contribution in [1.29, 1.82) is 0 Å². The zero-order chi connectivity index (χ0) is 24.4. The molecule has 4 unspecified atom stereocenters. The van der Waals surface area contributed by atoms with Gasteiger partial charge in [-0.1, -0.05) is 24.3 Å². The van der Waals surface area contributed by atoms with Gasteiger partial charge < -0.3 is 20.4 Å². The summed E-state index contributed by atoms with van der Waals surface area (Å²) in [5, 5.41) is 39.5. The summed E-state index contributed by atoms with van der Waals surface area (Å²) in [6, 6.07) is 7.54. The van der Waals surface area contributed by atoms with Crippen LogP contribution in [0.2, 0.25) is 0 Å². The second kappa shape index (κ2) is 10.0. The molecule has 14 heteroatoms. The van der Waals surface area contributed by atoms with Crippen LogP contribution in [0, 0.1) is 0 Å². The van der Waals surface area contributed by atoms with Gasteiger partial charge in [-0.3, -0.25) is 0 Å².